The maximum atomic E-state index is 10.5. The monoisotopic (exact) mass is 340 g/mol. The summed E-state index contributed by atoms with van der Waals surface area (Å²) in [5.41, 5.74) is 0. The topological polar surface area (TPSA) is 34.1 Å². The minimum Gasteiger partial charge on any atom is -0.306 e. The van der Waals surface area contributed by atoms with Gasteiger partial charge in [-0.1, -0.05) is 58.9 Å². The van der Waals surface area contributed by atoms with Crippen LogP contribution in [0.1, 0.15) is 13.8 Å². The lowest BCUT2D eigenvalue weighted by molar-refractivity contribution is -0.111. The second-order valence-corrected chi connectivity index (χ2v) is 31.5. The Balaban J connectivity index is -0.000000214. The molecule has 0 radical (unpaired) electrons. The Morgan fingerprint density at radius 2 is 0.789 bits per heavy atom. The molecule has 6 heteroatoms. The van der Waals surface area contributed by atoms with Gasteiger partial charge in [0.1, 0.15) is 13.5 Å². The van der Waals surface area contributed by atoms with Crippen molar-refractivity contribution in [3.05, 3.63) is 0 Å². The summed E-state index contributed by atoms with van der Waals surface area (Å²) < 4.78 is 0. The highest BCUT2D eigenvalue weighted by molar-refractivity contribution is 7.39. The van der Waals surface area contributed by atoms with Crippen LogP contribution in [0, 0.1) is 0 Å². The number of rotatable bonds is 2. The first-order chi connectivity index (χ1) is 7.93. The van der Waals surface area contributed by atoms with Gasteiger partial charge in [-0.15, -0.1) is 0 Å². The molecule has 2 nitrogen and oxygen atoms in total. The maximum Gasteiger partial charge on any atom is 0.218 e. The molecule has 19 heavy (non-hydrogen) atoms. The molecule has 0 aliphatic heterocycles. The highest BCUT2D eigenvalue weighted by atomic mass is 35.5. The van der Waals surface area contributed by atoms with Crippen LogP contribution in [-0.4, -0.2) is 33.9 Å². The van der Waals surface area contributed by atoms with E-state index in [9.17, 15) is 9.59 Å². The standard InChI is InChI=1S/C6H18Si2.C5H12OSi.C2H3ClO/c1-7(2,3)8(4,5)6;1-5(6)7(2,3)4;1-2(3)4/h1-6H3;1-4H3;1H3. The molecule has 0 heterocycles. The maximum absolute atomic E-state index is 10.5. The highest BCUT2D eigenvalue weighted by Crippen LogP contribution is 2.17. The third-order valence-electron chi connectivity index (χ3n) is 3.31. The summed E-state index contributed by atoms with van der Waals surface area (Å²) in [6, 6.07) is 0. The van der Waals surface area contributed by atoms with Crippen molar-refractivity contribution in [2.45, 2.75) is 72.8 Å². The first-order valence-electron chi connectivity index (χ1n) is 6.60. The summed E-state index contributed by atoms with van der Waals surface area (Å²) in [5.74, 6) is 0. The molecule has 116 valence electrons. The molecule has 0 bridgehead atoms. The summed E-state index contributed by atoms with van der Waals surface area (Å²) >= 11 is 4.64. The Labute approximate surface area is 128 Å². The van der Waals surface area contributed by atoms with Gasteiger partial charge in [-0.25, -0.2) is 0 Å². The average molecular weight is 341 g/mol. The van der Waals surface area contributed by atoms with Gasteiger partial charge in [0, 0.05) is 22.1 Å². The van der Waals surface area contributed by atoms with Crippen LogP contribution in [0.4, 0.5) is 0 Å². The molecule has 0 spiro atoms. The Morgan fingerprint density at radius 1 is 0.684 bits per heavy atom. The van der Waals surface area contributed by atoms with Gasteiger partial charge in [-0.05, 0) is 18.5 Å². The fourth-order valence-corrected chi connectivity index (χ4v) is 0. The van der Waals surface area contributed by atoms with E-state index in [1.807, 2.05) is 0 Å². The average Bonchev–Trinajstić information content (AvgIpc) is 1.96. The van der Waals surface area contributed by atoms with Crippen LogP contribution in [0.25, 0.3) is 0 Å². The molecule has 0 rings (SSSR count). The van der Waals surface area contributed by atoms with E-state index in [0.29, 0.717) is 5.41 Å². The van der Waals surface area contributed by atoms with Crippen molar-refractivity contribution in [3.63, 3.8) is 0 Å². The molecule has 0 atom stereocenters. The van der Waals surface area contributed by atoms with Crippen LogP contribution in [0.15, 0.2) is 0 Å². The van der Waals surface area contributed by atoms with E-state index in [-0.39, 0.29) is 5.24 Å². The second-order valence-electron chi connectivity index (χ2n) is 7.78. The van der Waals surface area contributed by atoms with Gasteiger partial charge >= 0.3 is 0 Å². The van der Waals surface area contributed by atoms with Gasteiger partial charge in [-0.3, -0.25) is 4.79 Å². The summed E-state index contributed by atoms with van der Waals surface area (Å²) in [6.07, 6.45) is 0. The van der Waals surface area contributed by atoms with Gasteiger partial charge in [0.2, 0.25) is 5.24 Å². The third-order valence-corrected chi connectivity index (χ3v) is 23.4. The summed E-state index contributed by atoms with van der Waals surface area (Å²) in [5, 5.41) is 0.0208. The van der Waals surface area contributed by atoms with Crippen molar-refractivity contribution in [1.82, 2.24) is 0 Å². The minimum atomic E-state index is -1.37. The molecule has 0 fully saturated rings. The van der Waals surface area contributed by atoms with Crippen molar-refractivity contribution in [2.75, 3.05) is 0 Å². The zero-order valence-corrected chi connectivity index (χ0v) is 18.5. The fourth-order valence-electron chi connectivity index (χ4n) is 0. The Bertz CT molecular complexity index is 268. The normalized spacial score (nSPS) is 11.6. The molecular weight excluding hydrogens is 308 g/mol. The number of hydrogen-bond donors (Lipinski definition) is 0. The summed E-state index contributed by atoms with van der Waals surface area (Å²) in [6.45, 7) is 23.9. The second kappa shape index (κ2) is 9.26. The molecule has 0 amide bonds. The lowest BCUT2D eigenvalue weighted by Crippen LogP contribution is -2.49. The van der Waals surface area contributed by atoms with E-state index in [2.05, 4.69) is 70.5 Å². The van der Waals surface area contributed by atoms with E-state index < -0.39 is 23.3 Å². The lowest BCUT2D eigenvalue weighted by atomic mass is 10.9. The zero-order chi connectivity index (χ0) is 16.7. The van der Waals surface area contributed by atoms with Crippen LogP contribution in [0.5, 0.6) is 0 Å². The predicted molar refractivity (Wildman–Crippen MR) is 97.3 cm³/mol. The van der Waals surface area contributed by atoms with Crippen molar-refractivity contribution in [1.29, 1.82) is 0 Å². The number of carbonyl (C=O) groups excluding carboxylic acids is 2. The molecule has 0 saturated carbocycles. The minimum absolute atomic E-state index is 0.361. The first kappa shape index (κ1) is 24.3. The molecule has 0 saturated heterocycles. The molecule has 0 N–H and O–H groups in total. The van der Waals surface area contributed by atoms with Crippen LogP contribution in [0.2, 0.25) is 58.9 Å². The van der Waals surface area contributed by atoms with Crippen molar-refractivity contribution in [2.24, 2.45) is 0 Å². The number of hydrogen-bond acceptors (Lipinski definition) is 2. The van der Waals surface area contributed by atoms with Gasteiger partial charge < -0.3 is 4.79 Å². The van der Waals surface area contributed by atoms with Gasteiger partial charge in [-0.2, -0.15) is 0 Å². The van der Waals surface area contributed by atoms with E-state index in [1.54, 1.807) is 6.92 Å². The summed E-state index contributed by atoms with van der Waals surface area (Å²) in [4.78, 5) is 19.7. The Kier molecular flexibility index (Phi) is 11.8. The molecule has 0 aromatic carbocycles. The number of carbonyl (C=O) groups is 2. The van der Waals surface area contributed by atoms with Gasteiger partial charge in [0.15, 0.2) is 0 Å². The smallest absolute Gasteiger partial charge is 0.218 e. The largest absolute Gasteiger partial charge is 0.306 e. The Hall–Kier alpha value is 0.281. The van der Waals surface area contributed by atoms with E-state index in [0.717, 1.165) is 0 Å². The molecule has 0 unspecified atom stereocenters. The number of halogens is 1. The molecule has 0 aliphatic carbocycles. The van der Waals surface area contributed by atoms with Gasteiger partial charge in [0.05, 0.1) is 0 Å². The van der Waals surface area contributed by atoms with Crippen LogP contribution >= 0.6 is 11.6 Å². The summed E-state index contributed by atoms with van der Waals surface area (Å²) in [7, 11) is -2.81. The van der Waals surface area contributed by atoms with Crippen molar-refractivity contribution in [3.8, 4) is 0 Å². The zero-order valence-electron chi connectivity index (χ0n) is 14.7. The predicted octanol–water partition coefficient (Wildman–Crippen LogP) is 4.97. The molecule has 0 aromatic rings. The third kappa shape index (κ3) is 20.8. The first-order valence-corrected chi connectivity index (χ1v) is 18.5. The van der Waals surface area contributed by atoms with Crippen LogP contribution in [0.3, 0.4) is 0 Å². The molecular formula is C13H33ClO2Si3. The van der Waals surface area contributed by atoms with Crippen molar-refractivity contribution >= 4 is 45.5 Å². The highest BCUT2D eigenvalue weighted by Gasteiger charge is 2.31. The molecule has 0 aromatic heterocycles. The Morgan fingerprint density at radius 3 is 0.789 bits per heavy atom. The van der Waals surface area contributed by atoms with E-state index in [1.165, 1.54) is 6.92 Å². The van der Waals surface area contributed by atoms with Crippen molar-refractivity contribution < 1.29 is 9.59 Å². The van der Waals surface area contributed by atoms with Crippen LogP contribution < -0.4 is 0 Å². The quantitative estimate of drug-likeness (QED) is 0.525. The van der Waals surface area contributed by atoms with Gasteiger partial charge in [0.25, 0.3) is 0 Å². The molecule has 0 aliphatic rings. The lowest BCUT2D eigenvalue weighted by Gasteiger charge is -2.30. The van der Waals surface area contributed by atoms with E-state index >= 15 is 0 Å². The fraction of sp³-hybridized carbons (Fsp3) is 0.846. The van der Waals surface area contributed by atoms with Crippen LogP contribution in [-0.2, 0) is 9.59 Å². The van der Waals surface area contributed by atoms with E-state index in [4.69, 9.17) is 0 Å². The SMILES string of the molecule is CC(=O)Cl.CC(=O)[Si](C)(C)C.C[Si](C)(C)[Si](C)(C)C.